The van der Waals surface area contributed by atoms with Crippen LogP contribution in [0.4, 0.5) is 0 Å². The van der Waals surface area contributed by atoms with E-state index in [0.717, 1.165) is 69.6 Å². The lowest BCUT2D eigenvalue weighted by atomic mass is 9.88. The van der Waals surface area contributed by atoms with Crippen molar-refractivity contribution in [2.75, 3.05) is 32.7 Å². The van der Waals surface area contributed by atoms with E-state index in [2.05, 4.69) is 46.2 Å². The minimum Gasteiger partial charge on any atom is -0.392 e. The van der Waals surface area contributed by atoms with Gasteiger partial charge in [0.2, 0.25) is 5.91 Å². The number of carbonyl (C=O) groups excluding carboxylic acids is 1. The second kappa shape index (κ2) is 10.8. The average molecular weight is 473 g/mol. The Morgan fingerprint density at radius 1 is 1.14 bits per heavy atom. The van der Waals surface area contributed by atoms with Gasteiger partial charge in [0.15, 0.2) is 0 Å². The van der Waals surface area contributed by atoms with Crippen molar-refractivity contribution in [3.8, 4) is 0 Å². The van der Waals surface area contributed by atoms with Gasteiger partial charge in [0.25, 0.3) is 0 Å². The van der Waals surface area contributed by atoms with Crippen LogP contribution in [0.15, 0.2) is 54.9 Å². The fourth-order valence-corrected chi connectivity index (χ4v) is 5.71. The standard InChI is InChI=1S/C29H36N4O2/c1-21-4-2-5-22(18-21)7-8-28(35)33-16-11-24(12-17-33)27(34)20-32-14-9-23(10-15-32)26-19-31-29-25(26)6-3-13-30-29/h2-8,13,18-19,23-24,27,34H,9-12,14-17,20H2,1H3,(H,30,31)/b8-7+. The van der Waals surface area contributed by atoms with Gasteiger partial charge >= 0.3 is 0 Å². The zero-order chi connectivity index (χ0) is 24.2. The van der Waals surface area contributed by atoms with Crippen molar-refractivity contribution in [3.63, 3.8) is 0 Å². The summed E-state index contributed by atoms with van der Waals surface area (Å²) in [6.07, 6.45) is 11.1. The highest BCUT2D eigenvalue weighted by Crippen LogP contribution is 2.33. The second-order valence-electron chi connectivity index (χ2n) is 10.2. The smallest absolute Gasteiger partial charge is 0.246 e. The molecule has 2 aliphatic heterocycles. The number of carbonyl (C=O) groups is 1. The molecule has 1 aromatic carbocycles. The molecule has 3 aromatic rings. The summed E-state index contributed by atoms with van der Waals surface area (Å²) in [4.78, 5) is 24.7. The second-order valence-corrected chi connectivity index (χ2v) is 10.2. The Labute approximate surface area is 207 Å². The molecule has 1 unspecified atom stereocenters. The molecule has 0 aliphatic carbocycles. The van der Waals surface area contributed by atoms with E-state index in [1.54, 1.807) is 6.08 Å². The SMILES string of the molecule is Cc1cccc(/C=C/C(=O)N2CCC(C(O)CN3CCC(c4c[nH]c5ncccc45)CC3)CC2)c1. The van der Waals surface area contributed by atoms with Gasteiger partial charge in [-0.2, -0.15) is 0 Å². The Kier molecular flexibility index (Phi) is 7.30. The Balaban J connectivity index is 1.07. The van der Waals surface area contributed by atoms with Gasteiger partial charge in [-0.15, -0.1) is 0 Å². The van der Waals surface area contributed by atoms with E-state index in [4.69, 9.17) is 0 Å². The monoisotopic (exact) mass is 472 g/mol. The van der Waals surface area contributed by atoms with E-state index in [1.165, 1.54) is 16.5 Å². The van der Waals surface area contributed by atoms with Crippen LogP contribution in [-0.4, -0.2) is 69.6 Å². The number of likely N-dealkylation sites (tertiary alicyclic amines) is 2. The Morgan fingerprint density at radius 3 is 2.71 bits per heavy atom. The number of nitrogens with one attached hydrogen (secondary N) is 1. The normalized spacial score (nSPS) is 19.5. The molecule has 0 bridgehead atoms. The number of nitrogens with zero attached hydrogens (tertiary/aromatic N) is 3. The van der Waals surface area contributed by atoms with E-state index < -0.39 is 0 Å². The quantitative estimate of drug-likeness (QED) is 0.523. The molecular weight excluding hydrogens is 436 g/mol. The van der Waals surface area contributed by atoms with Crippen molar-refractivity contribution in [1.29, 1.82) is 0 Å². The van der Waals surface area contributed by atoms with Gasteiger partial charge in [0.1, 0.15) is 5.65 Å². The maximum atomic E-state index is 12.6. The summed E-state index contributed by atoms with van der Waals surface area (Å²) in [5.74, 6) is 0.870. The summed E-state index contributed by atoms with van der Waals surface area (Å²) in [5.41, 5.74) is 4.58. The van der Waals surface area contributed by atoms with Crippen molar-refractivity contribution in [1.82, 2.24) is 19.8 Å². The lowest BCUT2D eigenvalue weighted by Crippen LogP contribution is -2.45. The zero-order valence-electron chi connectivity index (χ0n) is 20.6. The van der Waals surface area contributed by atoms with E-state index >= 15 is 0 Å². The number of aromatic nitrogens is 2. The molecule has 0 spiro atoms. The molecular formula is C29H36N4O2. The maximum absolute atomic E-state index is 12.6. The van der Waals surface area contributed by atoms with Gasteiger partial charge in [0, 0.05) is 43.5 Å². The molecule has 6 heteroatoms. The van der Waals surface area contributed by atoms with E-state index in [0.29, 0.717) is 5.92 Å². The fourth-order valence-electron chi connectivity index (χ4n) is 5.71. The van der Waals surface area contributed by atoms with Crippen molar-refractivity contribution < 1.29 is 9.90 Å². The first kappa shape index (κ1) is 23.8. The summed E-state index contributed by atoms with van der Waals surface area (Å²) in [5, 5.41) is 12.2. The van der Waals surface area contributed by atoms with Crippen LogP contribution in [0.25, 0.3) is 17.1 Å². The molecule has 2 fully saturated rings. The van der Waals surface area contributed by atoms with E-state index in [-0.39, 0.29) is 17.9 Å². The van der Waals surface area contributed by atoms with Gasteiger partial charge < -0.3 is 19.9 Å². The summed E-state index contributed by atoms with van der Waals surface area (Å²) in [6, 6.07) is 12.3. The third kappa shape index (κ3) is 5.65. The predicted octanol–water partition coefficient (Wildman–Crippen LogP) is 4.36. The highest BCUT2D eigenvalue weighted by Gasteiger charge is 2.30. The first-order chi connectivity index (χ1) is 17.1. The number of piperidine rings is 2. The molecule has 2 N–H and O–H groups in total. The molecule has 2 aromatic heterocycles. The van der Waals surface area contributed by atoms with Crippen LogP contribution in [0, 0.1) is 12.8 Å². The third-order valence-electron chi connectivity index (χ3n) is 7.81. The van der Waals surface area contributed by atoms with E-state index in [1.807, 2.05) is 35.4 Å². The summed E-state index contributed by atoms with van der Waals surface area (Å²) >= 11 is 0. The maximum Gasteiger partial charge on any atom is 0.246 e. The van der Waals surface area contributed by atoms with Crippen molar-refractivity contribution in [3.05, 3.63) is 71.6 Å². The molecule has 0 radical (unpaired) electrons. The lowest BCUT2D eigenvalue weighted by Gasteiger charge is -2.37. The average Bonchev–Trinajstić information content (AvgIpc) is 3.32. The molecule has 0 saturated carbocycles. The molecule has 2 aliphatic rings. The van der Waals surface area contributed by atoms with Crippen LogP contribution in [0.5, 0.6) is 0 Å². The number of aliphatic hydroxyl groups is 1. The number of H-pyrrole nitrogens is 1. The van der Waals surface area contributed by atoms with Gasteiger partial charge in [-0.1, -0.05) is 29.8 Å². The van der Waals surface area contributed by atoms with Crippen molar-refractivity contribution in [2.45, 2.75) is 44.6 Å². The molecule has 35 heavy (non-hydrogen) atoms. The number of hydrogen-bond acceptors (Lipinski definition) is 4. The first-order valence-corrected chi connectivity index (χ1v) is 12.9. The number of fused-ring (bicyclic) bond motifs is 1. The number of benzene rings is 1. The fraction of sp³-hybridized carbons (Fsp3) is 0.448. The third-order valence-corrected chi connectivity index (χ3v) is 7.81. The minimum atomic E-state index is -0.330. The number of pyridine rings is 1. The van der Waals surface area contributed by atoms with Crippen LogP contribution in [-0.2, 0) is 4.79 Å². The highest BCUT2D eigenvalue weighted by atomic mass is 16.3. The van der Waals surface area contributed by atoms with E-state index in [9.17, 15) is 9.90 Å². The van der Waals surface area contributed by atoms with Crippen LogP contribution in [0.2, 0.25) is 0 Å². The van der Waals surface area contributed by atoms with Gasteiger partial charge in [-0.05, 0) is 86.9 Å². The number of amides is 1. The predicted molar refractivity (Wildman–Crippen MR) is 140 cm³/mol. The molecule has 6 nitrogen and oxygen atoms in total. The first-order valence-electron chi connectivity index (χ1n) is 12.9. The van der Waals surface area contributed by atoms with Crippen LogP contribution < -0.4 is 0 Å². The van der Waals surface area contributed by atoms with Crippen molar-refractivity contribution in [2.24, 2.45) is 5.92 Å². The lowest BCUT2D eigenvalue weighted by molar-refractivity contribution is -0.128. The topological polar surface area (TPSA) is 72.5 Å². The number of aryl methyl sites for hydroxylation is 1. The van der Waals surface area contributed by atoms with Gasteiger partial charge in [-0.3, -0.25) is 4.79 Å². The van der Waals surface area contributed by atoms with Crippen LogP contribution in [0.1, 0.15) is 48.3 Å². The van der Waals surface area contributed by atoms with Gasteiger partial charge in [0.05, 0.1) is 6.10 Å². The number of rotatable bonds is 6. The number of β-amino-alcohol motifs (C(OH)–C–C–N with tert-alkyl or cyclic N) is 1. The molecule has 1 amide bonds. The molecule has 4 heterocycles. The molecule has 5 rings (SSSR count). The molecule has 2 saturated heterocycles. The molecule has 184 valence electrons. The van der Waals surface area contributed by atoms with Crippen molar-refractivity contribution >= 4 is 23.0 Å². The Hall–Kier alpha value is -2.96. The van der Waals surface area contributed by atoms with Crippen LogP contribution >= 0.6 is 0 Å². The molecule has 1 atom stereocenters. The summed E-state index contributed by atoms with van der Waals surface area (Å²) in [7, 11) is 0. The highest BCUT2D eigenvalue weighted by molar-refractivity contribution is 5.91. The largest absolute Gasteiger partial charge is 0.392 e. The van der Waals surface area contributed by atoms with Gasteiger partial charge in [-0.25, -0.2) is 4.98 Å². The number of hydrogen-bond donors (Lipinski definition) is 2. The number of aliphatic hydroxyl groups excluding tert-OH is 1. The Morgan fingerprint density at radius 2 is 1.94 bits per heavy atom. The van der Waals surface area contributed by atoms with Crippen LogP contribution in [0.3, 0.4) is 0 Å². The minimum absolute atomic E-state index is 0.0639. The summed E-state index contributed by atoms with van der Waals surface area (Å²) in [6.45, 7) is 6.24. The Bertz CT molecular complexity index is 1170. The summed E-state index contributed by atoms with van der Waals surface area (Å²) < 4.78 is 0. The number of aromatic amines is 1. The zero-order valence-corrected chi connectivity index (χ0v) is 20.6.